The SMILES string of the molecule is Nc1c(S(=O)(=O)[O-])cc(Nc2ccc(Nc3nc(Cl)nc(Cl)n3)cc2)c2c1C(=O)c1c(cccc1S(=O)(=O)[O-])C2=O.[Na+].[Na+]. The topological polar surface area (TPSA) is 237 Å². The second kappa shape index (κ2) is 13.0. The second-order valence-corrected chi connectivity index (χ2v) is 11.7. The van der Waals surface area contributed by atoms with Crippen LogP contribution in [0.4, 0.5) is 28.7 Å². The van der Waals surface area contributed by atoms with Gasteiger partial charge in [0.15, 0.2) is 11.6 Å². The first-order valence-corrected chi connectivity index (χ1v) is 14.5. The summed E-state index contributed by atoms with van der Waals surface area (Å²) >= 11 is 11.5. The van der Waals surface area contributed by atoms with Crippen LogP contribution >= 0.6 is 23.2 Å². The van der Waals surface area contributed by atoms with Crippen molar-refractivity contribution in [3.05, 3.63) is 81.4 Å². The summed E-state index contributed by atoms with van der Waals surface area (Å²) in [5.74, 6) is -2.12. The Balaban J connectivity index is 0.00000253. The normalized spacial score (nSPS) is 12.4. The number of hydrogen-bond acceptors (Lipinski definition) is 14. The molecule has 0 spiro atoms. The number of nitrogens with one attached hydrogen (secondary N) is 2. The molecule has 0 unspecified atom stereocenters. The number of ketones is 2. The molecule has 14 nitrogen and oxygen atoms in total. The molecule has 4 N–H and O–H groups in total. The number of rotatable bonds is 6. The van der Waals surface area contributed by atoms with Crippen LogP contribution < -0.4 is 75.5 Å². The molecule has 3 aromatic carbocycles. The number of nitrogens with zero attached hydrogens (tertiary/aromatic N) is 3. The number of halogens is 2. The van der Waals surface area contributed by atoms with Crippen molar-refractivity contribution in [2.24, 2.45) is 0 Å². The van der Waals surface area contributed by atoms with E-state index in [0.717, 1.165) is 24.3 Å². The number of fused-ring (bicyclic) bond motifs is 2. The molecule has 0 amide bonds. The van der Waals surface area contributed by atoms with Gasteiger partial charge in [-0.3, -0.25) is 9.59 Å². The largest absolute Gasteiger partial charge is 1.00 e. The van der Waals surface area contributed by atoms with E-state index in [4.69, 9.17) is 28.9 Å². The monoisotopic (exact) mass is 680 g/mol. The molecule has 0 saturated heterocycles. The minimum absolute atomic E-state index is 0. The molecule has 0 radical (unpaired) electrons. The molecule has 210 valence electrons. The molecule has 5 rings (SSSR count). The van der Waals surface area contributed by atoms with Crippen LogP contribution in [0.5, 0.6) is 0 Å². The molecule has 1 heterocycles. The van der Waals surface area contributed by atoms with Gasteiger partial charge in [0.2, 0.25) is 16.5 Å². The van der Waals surface area contributed by atoms with Gasteiger partial charge in [-0.05, 0) is 59.6 Å². The molecule has 0 fully saturated rings. The number of nitrogens with two attached hydrogens (primary N) is 1. The van der Waals surface area contributed by atoms with Crippen molar-refractivity contribution in [3.63, 3.8) is 0 Å². The Morgan fingerprint density at radius 2 is 1.23 bits per heavy atom. The fourth-order valence-electron chi connectivity index (χ4n) is 4.18. The first-order chi connectivity index (χ1) is 19.1. The summed E-state index contributed by atoms with van der Waals surface area (Å²) in [5.41, 5.74) is 3.07. The first-order valence-electron chi connectivity index (χ1n) is 11.0. The minimum atomic E-state index is -5.30. The van der Waals surface area contributed by atoms with E-state index >= 15 is 0 Å². The third kappa shape index (κ3) is 7.06. The van der Waals surface area contributed by atoms with E-state index in [1.807, 2.05) is 0 Å². The van der Waals surface area contributed by atoms with E-state index in [1.54, 1.807) is 0 Å². The number of carbonyl (C=O) groups excluding carboxylic acids is 2. The zero-order valence-electron chi connectivity index (χ0n) is 21.9. The molecule has 1 aliphatic rings. The standard InChI is InChI=1S/C23H14Cl2N6O8S2.2Na/c24-21-29-22(25)31-23(30-21)28-10-6-4-9(5-7-10)27-12-8-14(41(37,38)39)18(26)17-16(12)19(32)11-2-1-3-13(40(34,35)36)15(11)20(17)33;;/h1-8,27H,26H2,(H,34,35,36)(H,37,38,39)(H,28,29,30,31);;/q;2*+1/p-2. The summed E-state index contributed by atoms with van der Waals surface area (Å²) in [6, 6.07) is 9.86. The number of aromatic nitrogens is 3. The van der Waals surface area contributed by atoms with Crippen LogP contribution in [0.15, 0.2) is 58.3 Å². The number of nitrogen functional groups attached to an aromatic ring is 1. The smallest absolute Gasteiger partial charge is 0.744 e. The Bertz CT molecular complexity index is 2010. The molecule has 0 saturated carbocycles. The fourth-order valence-corrected chi connectivity index (χ4v) is 5.87. The Morgan fingerprint density at radius 3 is 1.77 bits per heavy atom. The summed E-state index contributed by atoms with van der Waals surface area (Å²) in [6.07, 6.45) is 0. The van der Waals surface area contributed by atoms with Crippen LogP contribution in [0.25, 0.3) is 0 Å². The quantitative estimate of drug-likeness (QED) is 0.0912. The molecule has 0 atom stereocenters. The van der Waals surface area contributed by atoms with E-state index in [0.29, 0.717) is 5.69 Å². The van der Waals surface area contributed by atoms with Gasteiger partial charge >= 0.3 is 59.1 Å². The van der Waals surface area contributed by atoms with Crippen LogP contribution in [-0.2, 0) is 20.2 Å². The molecular weight excluding hydrogens is 669 g/mol. The van der Waals surface area contributed by atoms with Crippen LogP contribution in [0.1, 0.15) is 31.8 Å². The maximum atomic E-state index is 13.5. The van der Waals surface area contributed by atoms with Crippen molar-refractivity contribution in [1.82, 2.24) is 15.0 Å². The third-order valence-electron chi connectivity index (χ3n) is 5.82. The predicted molar refractivity (Wildman–Crippen MR) is 143 cm³/mol. The van der Waals surface area contributed by atoms with Crippen LogP contribution in [0.2, 0.25) is 10.6 Å². The summed E-state index contributed by atoms with van der Waals surface area (Å²) in [7, 11) is -10.5. The summed E-state index contributed by atoms with van der Waals surface area (Å²) < 4.78 is 71.5. The van der Waals surface area contributed by atoms with E-state index in [-0.39, 0.29) is 87.0 Å². The first kappa shape index (κ1) is 35.3. The average molecular weight is 681 g/mol. The summed E-state index contributed by atoms with van der Waals surface area (Å²) in [6.45, 7) is 0. The molecular formula is C23H12Cl2N6Na2O8S2. The van der Waals surface area contributed by atoms with Gasteiger partial charge in [-0.1, -0.05) is 12.1 Å². The van der Waals surface area contributed by atoms with Crippen molar-refractivity contribution in [3.8, 4) is 0 Å². The van der Waals surface area contributed by atoms with Crippen molar-refractivity contribution < 1.29 is 94.6 Å². The predicted octanol–water partition coefficient (Wildman–Crippen LogP) is -3.16. The molecule has 0 aliphatic heterocycles. The molecule has 4 aromatic rings. The van der Waals surface area contributed by atoms with E-state index in [2.05, 4.69) is 25.6 Å². The van der Waals surface area contributed by atoms with Gasteiger partial charge in [-0.25, -0.2) is 16.8 Å². The van der Waals surface area contributed by atoms with Crippen LogP contribution in [-0.4, -0.2) is 52.5 Å². The van der Waals surface area contributed by atoms with Crippen LogP contribution in [0, 0.1) is 0 Å². The number of hydrogen-bond donors (Lipinski definition) is 3. The maximum Gasteiger partial charge on any atom is 1.00 e. The Morgan fingerprint density at radius 1 is 0.698 bits per heavy atom. The van der Waals surface area contributed by atoms with Gasteiger partial charge in [0.25, 0.3) is 0 Å². The van der Waals surface area contributed by atoms with E-state index in [9.17, 15) is 35.5 Å². The molecule has 1 aliphatic carbocycles. The molecule has 1 aromatic heterocycles. The van der Waals surface area contributed by atoms with Gasteiger partial charge < -0.3 is 25.5 Å². The minimum Gasteiger partial charge on any atom is -0.744 e. The molecule has 0 bridgehead atoms. The van der Waals surface area contributed by atoms with Crippen LogP contribution in [0.3, 0.4) is 0 Å². The van der Waals surface area contributed by atoms with Gasteiger partial charge in [-0.2, -0.15) is 15.0 Å². The summed E-state index contributed by atoms with van der Waals surface area (Å²) in [4.78, 5) is 36.4. The average Bonchev–Trinajstić information content (AvgIpc) is 2.87. The van der Waals surface area contributed by atoms with Crippen molar-refractivity contribution in [2.75, 3.05) is 16.4 Å². The fraction of sp³-hybridized carbons (Fsp3) is 0. The zero-order valence-corrected chi connectivity index (χ0v) is 29.0. The number of benzene rings is 3. The molecule has 20 heteroatoms. The van der Waals surface area contributed by atoms with E-state index < -0.39 is 69.5 Å². The summed E-state index contributed by atoms with van der Waals surface area (Å²) in [5, 5.41) is 5.32. The zero-order chi connectivity index (χ0) is 29.9. The number of anilines is 5. The number of carbonyl (C=O) groups is 2. The van der Waals surface area contributed by atoms with Gasteiger partial charge in [0.05, 0.1) is 37.9 Å². The Hall–Kier alpha value is -2.19. The van der Waals surface area contributed by atoms with Gasteiger partial charge in [-0.15, -0.1) is 0 Å². The van der Waals surface area contributed by atoms with Gasteiger partial charge in [0.1, 0.15) is 20.2 Å². The second-order valence-electron chi connectivity index (χ2n) is 8.36. The Kier molecular flexibility index (Phi) is 10.7. The molecule has 43 heavy (non-hydrogen) atoms. The Labute approximate surface area is 297 Å². The van der Waals surface area contributed by atoms with Crippen molar-refractivity contribution in [1.29, 1.82) is 0 Å². The third-order valence-corrected chi connectivity index (χ3v) is 7.91. The van der Waals surface area contributed by atoms with E-state index in [1.165, 1.54) is 24.3 Å². The maximum absolute atomic E-state index is 13.5. The van der Waals surface area contributed by atoms with Gasteiger partial charge in [0, 0.05) is 16.9 Å². The van der Waals surface area contributed by atoms with Crippen molar-refractivity contribution in [2.45, 2.75) is 9.79 Å². The van der Waals surface area contributed by atoms with Crippen molar-refractivity contribution >= 4 is 83.7 Å².